The summed E-state index contributed by atoms with van der Waals surface area (Å²) in [6.45, 7) is 7.19. The topological polar surface area (TPSA) is 77.4 Å². The average molecular weight is 261 g/mol. The highest BCUT2D eigenvalue weighted by Crippen LogP contribution is 2.36. The van der Waals surface area contributed by atoms with Gasteiger partial charge in [0, 0.05) is 0 Å². The maximum absolute atomic E-state index is 9.80. The Morgan fingerprint density at radius 1 is 1.11 bits per heavy atom. The van der Waals surface area contributed by atoms with Gasteiger partial charge >= 0.3 is 0 Å². The Labute approximate surface area is 107 Å². The molecule has 0 aliphatic carbocycles. The largest absolute Gasteiger partial charge is 0.394 e. The first-order chi connectivity index (χ1) is 8.24. The van der Waals surface area contributed by atoms with Gasteiger partial charge in [-0.05, 0) is 27.7 Å². The van der Waals surface area contributed by atoms with Crippen LogP contribution in [0, 0.1) is 0 Å². The molecule has 0 spiro atoms. The van der Waals surface area contributed by atoms with Gasteiger partial charge in [-0.2, -0.15) is 0 Å². The summed E-state index contributed by atoms with van der Waals surface area (Å²) >= 11 is 0. The number of ether oxygens (including phenoxy) is 4. The lowest BCUT2D eigenvalue weighted by atomic mass is 9.91. The van der Waals surface area contributed by atoms with E-state index in [4.69, 9.17) is 24.1 Å². The molecule has 0 unspecified atom stereocenters. The molecule has 0 aromatic carbocycles. The zero-order chi connectivity index (χ0) is 13.6. The Balaban J connectivity index is 2.10. The minimum absolute atomic E-state index is 0.312. The fourth-order valence-corrected chi connectivity index (χ4v) is 2.38. The molecule has 2 N–H and O–H groups in total. The number of aliphatic hydroxyl groups is 2. The summed E-state index contributed by atoms with van der Waals surface area (Å²) in [5, 5.41) is 18.9. The van der Waals surface area contributed by atoms with E-state index >= 15 is 0 Å². The molecular weight excluding hydrogens is 239 g/mol. The van der Waals surface area contributed by atoms with Crippen molar-refractivity contribution in [1.29, 1.82) is 0 Å². The second kappa shape index (κ2) is 4.70. The number of rotatable bonds is 3. The van der Waals surface area contributed by atoms with Crippen LogP contribution in [0.25, 0.3) is 0 Å². The van der Waals surface area contributed by atoms with E-state index in [0.717, 1.165) is 0 Å². The zero-order valence-corrected chi connectivity index (χ0v) is 11.3. The molecule has 2 heterocycles. The van der Waals surface area contributed by atoms with Crippen LogP contribution in [-0.4, -0.2) is 59.4 Å². The molecule has 0 aromatic rings. The lowest BCUT2D eigenvalue weighted by Gasteiger charge is -2.25. The lowest BCUT2D eigenvalue weighted by Crippen LogP contribution is -2.45. The predicted molar refractivity (Wildman–Crippen MR) is 61.8 cm³/mol. The fraction of sp³-hybridized carbons (Fsp3) is 1.00. The summed E-state index contributed by atoms with van der Waals surface area (Å²) in [7, 11) is 0. The predicted octanol–water partition coefficient (Wildman–Crippen LogP) is 0.0112. The normalized spacial score (nSPS) is 40.0. The molecule has 6 heteroatoms. The Morgan fingerprint density at radius 2 is 1.78 bits per heavy atom. The summed E-state index contributed by atoms with van der Waals surface area (Å²) < 4.78 is 22.6. The molecule has 0 aromatic heterocycles. The maximum atomic E-state index is 9.80. The molecule has 2 aliphatic heterocycles. The van der Waals surface area contributed by atoms with Crippen LogP contribution in [0.4, 0.5) is 0 Å². The summed E-state index contributed by atoms with van der Waals surface area (Å²) in [6, 6.07) is 0. The van der Waals surface area contributed by atoms with Crippen LogP contribution >= 0.6 is 0 Å². The van der Waals surface area contributed by atoms with Crippen LogP contribution in [-0.2, 0) is 18.9 Å². The number of hydrogen-bond acceptors (Lipinski definition) is 6. The van der Waals surface area contributed by atoms with Gasteiger partial charge in [-0.3, -0.25) is 0 Å². The number of aliphatic hydroxyl groups excluding tert-OH is 2. The molecule has 0 radical (unpaired) electrons. The molecule has 4 atom stereocenters. The van der Waals surface area contributed by atoms with E-state index < -0.39 is 29.9 Å². The van der Waals surface area contributed by atoms with Gasteiger partial charge in [0.15, 0.2) is 11.6 Å². The molecule has 2 aliphatic rings. The Kier molecular flexibility index (Phi) is 3.70. The van der Waals surface area contributed by atoms with Crippen LogP contribution in [0.1, 0.15) is 27.7 Å². The second-order valence-corrected chi connectivity index (χ2v) is 5.68. The molecule has 2 fully saturated rings. The molecule has 2 rings (SSSR count). The van der Waals surface area contributed by atoms with Crippen molar-refractivity contribution in [2.45, 2.75) is 63.7 Å². The molecule has 6 nitrogen and oxygen atoms in total. The van der Waals surface area contributed by atoms with Gasteiger partial charge in [-0.15, -0.1) is 0 Å². The minimum Gasteiger partial charge on any atom is -0.394 e. The first-order valence-electron chi connectivity index (χ1n) is 6.20. The van der Waals surface area contributed by atoms with E-state index in [9.17, 15) is 5.11 Å². The highest BCUT2D eigenvalue weighted by atomic mass is 16.8. The van der Waals surface area contributed by atoms with Crippen LogP contribution in [0.15, 0.2) is 0 Å². The van der Waals surface area contributed by atoms with Gasteiger partial charge in [0.05, 0.1) is 13.2 Å². The third-order valence-electron chi connectivity index (χ3n) is 3.13. The zero-order valence-electron chi connectivity index (χ0n) is 11.3. The lowest BCUT2D eigenvalue weighted by molar-refractivity contribution is -0.175. The third-order valence-corrected chi connectivity index (χ3v) is 3.13. The van der Waals surface area contributed by atoms with E-state index in [1.165, 1.54) is 0 Å². The van der Waals surface area contributed by atoms with E-state index in [0.29, 0.717) is 6.61 Å². The van der Waals surface area contributed by atoms with Gasteiger partial charge in [0.25, 0.3) is 0 Å². The molecule has 0 bridgehead atoms. The third kappa shape index (κ3) is 2.84. The van der Waals surface area contributed by atoms with Gasteiger partial charge in [0.1, 0.15) is 24.4 Å². The summed E-state index contributed by atoms with van der Waals surface area (Å²) in [4.78, 5) is 0. The monoisotopic (exact) mass is 261 g/mol. The van der Waals surface area contributed by atoms with Crippen LogP contribution in [0.3, 0.4) is 0 Å². The molecule has 2 saturated heterocycles. The van der Waals surface area contributed by atoms with Crippen molar-refractivity contribution in [2.75, 3.05) is 13.2 Å². The Morgan fingerprint density at radius 3 is 2.28 bits per heavy atom. The van der Waals surface area contributed by atoms with E-state index in [1.54, 1.807) is 13.8 Å². The van der Waals surface area contributed by atoms with Crippen molar-refractivity contribution in [1.82, 2.24) is 0 Å². The molecule has 0 amide bonds. The smallest absolute Gasteiger partial charge is 0.164 e. The first-order valence-corrected chi connectivity index (χ1v) is 6.20. The minimum atomic E-state index is -0.996. The fourth-order valence-electron chi connectivity index (χ4n) is 2.38. The van der Waals surface area contributed by atoms with Crippen molar-refractivity contribution in [3.05, 3.63) is 0 Å². The van der Waals surface area contributed by atoms with Crippen LogP contribution in [0.2, 0.25) is 0 Å². The van der Waals surface area contributed by atoms with Crippen molar-refractivity contribution in [2.24, 2.45) is 0 Å². The number of hydrogen-bond donors (Lipinski definition) is 2. The van der Waals surface area contributed by atoms with E-state index in [2.05, 4.69) is 0 Å². The first kappa shape index (κ1) is 14.2. The van der Waals surface area contributed by atoms with Crippen molar-refractivity contribution in [3.8, 4) is 0 Å². The SMILES string of the molecule is CC1(C)O[C@H]([C@@H](O)[11CH2]O)[C@@H]([C@H]2COC(C)(C)O2)O1. The quantitative estimate of drug-likeness (QED) is 0.745. The molecule has 0 saturated carbocycles. The van der Waals surface area contributed by atoms with Crippen LogP contribution < -0.4 is 0 Å². The van der Waals surface area contributed by atoms with Crippen LogP contribution in [0.5, 0.6) is 0 Å². The van der Waals surface area contributed by atoms with Gasteiger partial charge < -0.3 is 29.2 Å². The Hall–Kier alpha value is -0.240. The molecule has 18 heavy (non-hydrogen) atoms. The van der Waals surface area contributed by atoms with Crippen molar-refractivity contribution in [3.63, 3.8) is 0 Å². The van der Waals surface area contributed by atoms with Crippen molar-refractivity contribution >= 4 is 0 Å². The van der Waals surface area contributed by atoms with Gasteiger partial charge in [-0.1, -0.05) is 0 Å². The van der Waals surface area contributed by atoms with E-state index in [-0.39, 0.29) is 12.7 Å². The molecular formula is C12H22O6. The summed E-state index contributed by atoms with van der Waals surface area (Å²) in [5.74, 6) is -1.46. The average Bonchev–Trinajstić information content (AvgIpc) is 2.77. The highest BCUT2D eigenvalue weighted by molar-refractivity contribution is 4.93. The van der Waals surface area contributed by atoms with Crippen molar-refractivity contribution < 1.29 is 29.2 Å². The summed E-state index contributed by atoms with van der Waals surface area (Å²) in [5.41, 5.74) is 0. The maximum Gasteiger partial charge on any atom is 0.164 e. The standard InChI is InChI=1S/C12H22O6/c1-11(2)15-6-8(16-11)10-9(7(14)5-13)17-12(3,4)18-10/h7-10,13-14H,5-6H2,1-4H3/t7-,8+,9+,10+/m0/s1/i5-1. The van der Waals surface area contributed by atoms with Gasteiger partial charge in [-0.25, -0.2) is 0 Å². The van der Waals surface area contributed by atoms with Gasteiger partial charge in [0.2, 0.25) is 0 Å². The summed E-state index contributed by atoms with van der Waals surface area (Å²) in [6.07, 6.45) is -2.38. The van der Waals surface area contributed by atoms with E-state index in [1.807, 2.05) is 13.8 Å². The Bertz CT molecular complexity index is 303. The molecule has 106 valence electrons. The highest BCUT2D eigenvalue weighted by Gasteiger charge is 2.51. The second-order valence-electron chi connectivity index (χ2n) is 5.68.